The van der Waals surface area contributed by atoms with Crippen molar-refractivity contribution in [3.8, 4) is 0 Å². The Balaban J connectivity index is 0.00000120. The lowest BCUT2D eigenvalue weighted by Gasteiger charge is -2.30. The number of nitrogens with two attached hydrogens (primary N) is 1. The van der Waals surface area contributed by atoms with Crippen molar-refractivity contribution < 1.29 is 0 Å². The van der Waals surface area contributed by atoms with Crippen LogP contribution in [0.4, 0.5) is 11.4 Å². The second-order valence-electron chi connectivity index (χ2n) is 4.34. The van der Waals surface area contributed by atoms with Gasteiger partial charge >= 0.3 is 0 Å². The number of nitrogens with zero attached hydrogens (tertiary/aromatic N) is 2. The number of nitrogen functional groups attached to an aromatic ring is 1. The summed E-state index contributed by atoms with van der Waals surface area (Å²) in [6, 6.07) is 7.97. The number of piperazine rings is 1. The lowest BCUT2D eigenvalue weighted by molar-refractivity contribution is 0.590. The van der Waals surface area contributed by atoms with Crippen molar-refractivity contribution in [1.29, 1.82) is 0 Å². The molecular formula is C13H17ClN4. The summed E-state index contributed by atoms with van der Waals surface area (Å²) in [6.45, 7) is 4.14. The van der Waals surface area contributed by atoms with E-state index in [-0.39, 0.29) is 12.4 Å². The smallest absolute Gasteiger partial charge is 0.0724 e. The van der Waals surface area contributed by atoms with E-state index in [1.54, 1.807) is 0 Å². The van der Waals surface area contributed by atoms with Crippen LogP contribution in [0.3, 0.4) is 0 Å². The van der Waals surface area contributed by atoms with Gasteiger partial charge in [-0.3, -0.25) is 4.98 Å². The Kier molecular flexibility index (Phi) is 3.89. The molecule has 0 radical (unpaired) electrons. The van der Waals surface area contributed by atoms with Gasteiger partial charge in [0.15, 0.2) is 0 Å². The van der Waals surface area contributed by atoms with Crippen LogP contribution in [0.25, 0.3) is 10.9 Å². The van der Waals surface area contributed by atoms with E-state index in [1.165, 1.54) is 5.69 Å². The Labute approximate surface area is 113 Å². The van der Waals surface area contributed by atoms with Gasteiger partial charge < -0.3 is 16.0 Å². The second-order valence-corrected chi connectivity index (χ2v) is 4.34. The lowest BCUT2D eigenvalue weighted by Crippen LogP contribution is -2.43. The minimum absolute atomic E-state index is 0. The minimum Gasteiger partial charge on any atom is -0.399 e. The summed E-state index contributed by atoms with van der Waals surface area (Å²) >= 11 is 0. The molecule has 1 aromatic carbocycles. The molecule has 4 nitrogen and oxygen atoms in total. The van der Waals surface area contributed by atoms with Gasteiger partial charge in [0, 0.05) is 49.1 Å². The molecule has 0 aliphatic carbocycles. The Morgan fingerprint density at radius 1 is 1.17 bits per heavy atom. The van der Waals surface area contributed by atoms with Gasteiger partial charge in [-0.15, -0.1) is 12.4 Å². The van der Waals surface area contributed by atoms with Crippen molar-refractivity contribution in [2.24, 2.45) is 0 Å². The number of hydrogen-bond donors (Lipinski definition) is 2. The Morgan fingerprint density at radius 3 is 2.72 bits per heavy atom. The third kappa shape index (κ3) is 2.35. The van der Waals surface area contributed by atoms with E-state index >= 15 is 0 Å². The van der Waals surface area contributed by atoms with E-state index in [4.69, 9.17) is 5.73 Å². The standard InChI is InChI=1S/C13H16N4.ClH/c14-10-1-2-12-11(9-10)13(3-4-16-12)17-7-5-15-6-8-17;/h1-4,9,15H,5-8,14H2;1H. The lowest BCUT2D eigenvalue weighted by atomic mass is 10.1. The zero-order valence-electron chi connectivity index (χ0n) is 10.1. The molecular weight excluding hydrogens is 248 g/mol. The first-order chi connectivity index (χ1) is 8.34. The van der Waals surface area contributed by atoms with Gasteiger partial charge in [-0.1, -0.05) is 0 Å². The van der Waals surface area contributed by atoms with Crippen molar-refractivity contribution in [3.63, 3.8) is 0 Å². The third-order valence-electron chi connectivity index (χ3n) is 3.20. The molecule has 2 aromatic rings. The predicted molar refractivity (Wildman–Crippen MR) is 78.5 cm³/mol. The highest BCUT2D eigenvalue weighted by molar-refractivity contribution is 5.93. The largest absolute Gasteiger partial charge is 0.399 e. The van der Waals surface area contributed by atoms with Crippen molar-refractivity contribution in [2.75, 3.05) is 36.8 Å². The molecule has 1 aliphatic rings. The number of aromatic nitrogens is 1. The van der Waals surface area contributed by atoms with Crippen LogP contribution in [0.5, 0.6) is 0 Å². The Bertz CT molecular complexity index is 538. The maximum atomic E-state index is 5.86. The molecule has 0 unspecified atom stereocenters. The van der Waals surface area contributed by atoms with Crippen LogP contribution in [0, 0.1) is 0 Å². The molecule has 18 heavy (non-hydrogen) atoms. The summed E-state index contributed by atoms with van der Waals surface area (Å²) in [4.78, 5) is 6.77. The third-order valence-corrected chi connectivity index (χ3v) is 3.20. The molecule has 5 heteroatoms. The monoisotopic (exact) mass is 264 g/mol. The molecule has 3 rings (SSSR count). The van der Waals surface area contributed by atoms with Crippen LogP contribution < -0.4 is 16.0 Å². The van der Waals surface area contributed by atoms with Crippen molar-refractivity contribution >= 4 is 34.7 Å². The number of anilines is 2. The summed E-state index contributed by atoms with van der Waals surface area (Å²) in [5.41, 5.74) is 8.91. The van der Waals surface area contributed by atoms with Crippen LogP contribution in [0.15, 0.2) is 30.5 Å². The first kappa shape index (κ1) is 12.9. The molecule has 3 N–H and O–H groups in total. The first-order valence-electron chi connectivity index (χ1n) is 5.94. The van der Waals surface area contributed by atoms with Gasteiger partial charge in [0.25, 0.3) is 0 Å². The fourth-order valence-electron chi connectivity index (χ4n) is 2.33. The van der Waals surface area contributed by atoms with Gasteiger partial charge in [0.05, 0.1) is 5.52 Å². The summed E-state index contributed by atoms with van der Waals surface area (Å²) in [5, 5.41) is 4.51. The summed E-state index contributed by atoms with van der Waals surface area (Å²) < 4.78 is 0. The maximum absolute atomic E-state index is 5.86. The number of halogens is 1. The fraction of sp³-hybridized carbons (Fsp3) is 0.308. The number of fused-ring (bicyclic) bond motifs is 1. The zero-order chi connectivity index (χ0) is 11.7. The highest BCUT2D eigenvalue weighted by Gasteiger charge is 2.13. The first-order valence-corrected chi connectivity index (χ1v) is 5.94. The molecule has 96 valence electrons. The molecule has 0 atom stereocenters. The van der Waals surface area contributed by atoms with Crippen LogP contribution in [0.1, 0.15) is 0 Å². The van der Waals surface area contributed by atoms with E-state index in [9.17, 15) is 0 Å². The Morgan fingerprint density at radius 2 is 1.94 bits per heavy atom. The SMILES string of the molecule is Cl.Nc1ccc2nccc(N3CCNCC3)c2c1. The van der Waals surface area contributed by atoms with Gasteiger partial charge in [0.2, 0.25) is 0 Å². The quantitative estimate of drug-likeness (QED) is 0.769. The summed E-state index contributed by atoms with van der Waals surface area (Å²) in [5.74, 6) is 0. The molecule has 1 aliphatic heterocycles. The molecule has 2 heterocycles. The highest BCUT2D eigenvalue weighted by atomic mass is 35.5. The van der Waals surface area contributed by atoms with Crippen molar-refractivity contribution in [1.82, 2.24) is 10.3 Å². The fourth-order valence-corrected chi connectivity index (χ4v) is 2.33. The molecule has 1 saturated heterocycles. The van der Waals surface area contributed by atoms with Gasteiger partial charge in [0.1, 0.15) is 0 Å². The van der Waals surface area contributed by atoms with Crippen molar-refractivity contribution in [2.45, 2.75) is 0 Å². The van der Waals surface area contributed by atoms with Gasteiger partial charge in [-0.05, 0) is 24.3 Å². The number of rotatable bonds is 1. The average molecular weight is 265 g/mol. The zero-order valence-corrected chi connectivity index (χ0v) is 10.9. The van der Waals surface area contributed by atoms with E-state index in [0.29, 0.717) is 0 Å². The summed E-state index contributed by atoms with van der Waals surface area (Å²) in [6.07, 6.45) is 1.87. The van der Waals surface area contributed by atoms with E-state index in [0.717, 1.165) is 42.8 Å². The molecule has 0 bridgehead atoms. The van der Waals surface area contributed by atoms with Crippen LogP contribution in [0.2, 0.25) is 0 Å². The number of hydrogen-bond acceptors (Lipinski definition) is 4. The van der Waals surface area contributed by atoms with Crippen LogP contribution in [-0.2, 0) is 0 Å². The molecule has 0 saturated carbocycles. The maximum Gasteiger partial charge on any atom is 0.0724 e. The average Bonchev–Trinajstić information content (AvgIpc) is 2.39. The molecule has 1 fully saturated rings. The Hall–Kier alpha value is -1.52. The predicted octanol–water partition coefficient (Wildman–Crippen LogP) is 1.65. The minimum atomic E-state index is 0. The van der Waals surface area contributed by atoms with E-state index < -0.39 is 0 Å². The number of benzene rings is 1. The molecule has 0 amide bonds. The van der Waals surface area contributed by atoms with E-state index in [1.807, 2.05) is 24.4 Å². The number of nitrogens with one attached hydrogen (secondary N) is 1. The van der Waals surface area contributed by atoms with Gasteiger partial charge in [-0.2, -0.15) is 0 Å². The van der Waals surface area contributed by atoms with Crippen LogP contribution in [-0.4, -0.2) is 31.2 Å². The molecule has 1 aromatic heterocycles. The van der Waals surface area contributed by atoms with E-state index in [2.05, 4.69) is 21.3 Å². The van der Waals surface area contributed by atoms with Gasteiger partial charge in [-0.25, -0.2) is 0 Å². The topological polar surface area (TPSA) is 54.2 Å². The normalized spacial score (nSPS) is 15.4. The molecule has 0 spiro atoms. The second kappa shape index (κ2) is 5.42. The summed E-state index contributed by atoms with van der Waals surface area (Å²) in [7, 11) is 0. The van der Waals surface area contributed by atoms with Crippen LogP contribution >= 0.6 is 12.4 Å². The highest BCUT2D eigenvalue weighted by Crippen LogP contribution is 2.27. The number of pyridine rings is 1. The van der Waals surface area contributed by atoms with Crippen molar-refractivity contribution in [3.05, 3.63) is 30.5 Å².